The first-order valence-electron chi connectivity index (χ1n) is 15.4. The molecular weight excluding hydrogens is 685 g/mol. The summed E-state index contributed by atoms with van der Waals surface area (Å²) in [7, 11) is 0. The number of hydrogen-bond donors (Lipinski definition) is 4. The molecule has 12 nitrogen and oxygen atoms in total. The summed E-state index contributed by atoms with van der Waals surface area (Å²) in [5, 5.41) is 34.1. The van der Waals surface area contributed by atoms with Crippen LogP contribution in [-0.2, 0) is 23.1 Å². The molecule has 13 heteroatoms. The van der Waals surface area contributed by atoms with Gasteiger partial charge in [0.15, 0.2) is 5.82 Å². The molecule has 0 aliphatic heterocycles. The topological polar surface area (TPSA) is 169 Å². The number of nitrogens with zero attached hydrogens (tertiary/aromatic N) is 5. The number of nitrogens with one attached hydrogen (secondary N) is 4. The average Bonchev–Trinajstić information content (AvgIpc) is 3.74. The van der Waals surface area contributed by atoms with Crippen molar-refractivity contribution in [3.05, 3.63) is 75.6 Å². The van der Waals surface area contributed by atoms with E-state index in [1.165, 1.54) is 0 Å². The van der Waals surface area contributed by atoms with Gasteiger partial charge in [0.2, 0.25) is 5.91 Å². The second kappa shape index (κ2) is 14.0. The number of carbonyl (C=O) groups is 3. The highest BCUT2D eigenvalue weighted by atomic mass is 127. The summed E-state index contributed by atoms with van der Waals surface area (Å²) in [6.07, 6.45) is 3.56. The van der Waals surface area contributed by atoms with Gasteiger partial charge in [-0.15, -0.1) is 5.10 Å². The number of benzene rings is 2. The van der Waals surface area contributed by atoms with Gasteiger partial charge in [0.25, 0.3) is 11.8 Å². The van der Waals surface area contributed by atoms with Crippen LogP contribution in [0.25, 0.3) is 0 Å². The maximum atomic E-state index is 13.3. The largest absolute Gasteiger partial charge is 0.352 e. The van der Waals surface area contributed by atoms with Gasteiger partial charge in [0.1, 0.15) is 6.04 Å². The maximum absolute atomic E-state index is 13.3. The molecule has 4 N–H and O–H groups in total. The summed E-state index contributed by atoms with van der Waals surface area (Å²) < 4.78 is -0.236. The molecule has 3 aromatic rings. The number of fused-ring (bicyclic) bond motifs is 2. The predicted octanol–water partition coefficient (Wildman–Crippen LogP) is 2.78. The van der Waals surface area contributed by atoms with Gasteiger partial charge in [0.05, 0.1) is 22.1 Å². The molecule has 0 saturated heterocycles. The van der Waals surface area contributed by atoms with Gasteiger partial charge in [-0.2, -0.15) is 5.26 Å². The molecular formula is C32H38IN9O3. The monoisotopic (exact) mass is 723 g/mol. The molecule has 2 aliphatic rings. The van der Waals surface area contributed by atoms with E-state index in [2.05, 4.69) is 65.2 Å². The predicted molar refractivity (Wildman–Crippen MR) is 176 cm³/mol. The number of alkyl halides is 1. The Kier molecular flexibility index (Phi) is 10.1. The minimum Gasteiger partial charge on any atom is -0.352 e. The molecule has 2 aromatic carbocycles. The van der Waals surface area contributed by atoms with E-state index in [0.29, 0.717) is 49.3 Å². The molecule has 1 unspecified atom stereocenters. The van der Waals surface area contributed by atoms with Crippen molar-refractivity contribution in [1.82, 2.24) is 41.5 Å². The summed E-state index contributed by atoms with van der Waals surface area (Å²) in [4.78, 5) is 40.7. The summed E-state index contributed by atoms with van der Waals surface area (Å²) in [5.74, 6) is 0.122. The number of H-pyrrole nitrogens is 1. The van der Waals surface area contributed by atoms with Crippen molar-refractivity contribution in [2.24, 2.45) is 0 Å². The van der Waals surface area contributed by atoms with E-state index in [1.807, 2.05) is 50.2 Å². The van der Waals surface area contributed by atoms with Crippen molar-refractivity contribution in [2.45, 2.75) is 74.4 Å². The molecule has 1 fully saturated rings. The summed E-state index contributed by atoms with van der Waals surface area (Å²) in [6.45, 7) is 6.64. The lowest BCUT2D eigenvalue weighted by Crippen LogP contribution is -2.46. The highest BCUT2D eigenvalue weighted by molar-refractivity contribution is 14.1. The molecule has 0 radical (unpaired) electrons. The molecule has 1 aromatic heterocycles. The number of carbonyl (C=O) groups excluding carboxylic acids is 3. The molecule has 0 bridgehead atoms. The van der Waals surface area contributed by atoms with Crippen LogP contribution in [0.3, 0.4) is 0 Å². The zero-order valence-electron chi connectivity index (χ0n) is 25.7. The van der Waals surface area contributed by atoms with Crippen LogP contribution in [0.1, 0.15) is 88.8 Å². The Morgan fingerprint density at radius 1 is 1.04 bits per heavy atom. The lowest BCUT2D eigenvalue weighted by atomic mass is 9.69. The van der Waals surface area contributed by atoms with Gasteiger partial charge in [-0.05, 0) is 110 Å². The molecule has 0 spiro atoms. The van der Waals surface area contributed by atoms with Gasteiger partial charge in [-0.25, -0.2) is 5.10 Å². The fraction of sp³-hybridized carbons (Fsp3) is 0.469. The Bertz CT molecular complexity index is 1530. The van der Waals surface area contributed by atoms with Crippen molar-refractivity contribution < 1.29 is 14.4 Å². The Labute approximate surface area is 276 Å². The highest BCUT2D eigenvalue weighted by Crippen LogP contribution is 2.47. The quantitative estimate of drug-likeness (QED) is 0.126. The molecule has 1 heterocycles. The van der Waals surface area contributed by atoms with Gasteiger partial charge < -0.3 is 15.5 Å². The summed E-state index contributed by atoms with van der Waals surface area (Å²) in [6, 6.07) is 13.3. The molecule has 45 heavy (non-hydrogen) atoms. The molecule has 5 rings (SSSR count). The SMILES string of the molecule is CCNC(=O)c1ccc2c(c1)CCc1cc(C(=O)NCC)ccc1C2(C[C@@H](I)NCC(=O)N(C(C)C#N)C1CC1)c1nnn[nH]1. The van der Waals surface area contributed by atoms with E-state index in [4.69, 9.17) is 0 Å². The zero-order valence-corrected chi connectivity index (χ0v) is 27.8. The second-order valence-electron chi connectivity index (χ2n) is 11.5. The number of rotatable bonds is 12. The third kappa shape index (κ3) is 6.72. The highest BCUT2D eigenvalue weighted by Gasteiger charge is 2.46. The number of nitriles is 1. The van der Waals surface area contributed by atoms with Crippen LogP contribution in [0.2, 0.25) is 0 Å². The van der Waals surface area contributed by atoms with Crippen molar-refractivity contribution in [3.8, 4) is 6.07 Å². The van der Waals surface area contributed by atoms with Crippen molar-refractivity contribution in [3.63, 3.8) is 0 Å². The number of tetrazole rings is 1. The minimum absolute atomic E-state index is 0.0762. The molecule has 2 atom stereocenters. The first kappa shape index (κ1) is 32.5. The smallest absolute Gasteiger partial charge is 0.251 e. The normalized spacial score (nSPS) is 16.2. The first-order chi connectivity index (χ1) is 21.7. The number of aromatic amines is 1. The number of aryl methyl sites for hydroxylation is 2. The summed E-state index contributed by atoms with van der Waals surface area (Å²) in [5.41, 5.74) is 4.09. The third-order valence-electron chi connectivity index (χ3n) is 8.53. The number of hydrogen-bond acceptors (Lipinski definition) is 8. The van der Waals surface area contributed by atoms with Gasteiger partial charge >= 0.3 is 0 Å². The van der Waals surface area contributed by atoms with E-state index in [1.54, 1.807) is 11.8 Å². The van der Waals surface area contributed by atoms with Crippen LogP contribution in [0, 0.1) is 11.3 Å². The van der Waals surface area contributed by atoms with Crippen molar-refractivity contribution >= 4 is 40.3 Å². The lowest BCUT2D eigenvalue weighted by Gasteiger charge is -2.36. The van der Waals surface area contributed by atoms with E-state index >= 15 is 0 Å². The van der Waals surface area contributed by atoms with Crippen LogP contribution in [0.15, 0.2) is 36.4 Å². The van der Waals surface area contributed by atoms with Crippen molar-refractivity contribution in [1.29, 1.82) is 5.26 Å². The van der Waals surface area contributed by atoms with Gasteiger partial charge in [0, 0.05) is 30.3 Å². The molecule has 1 saturated carbocycles. The molecule has 236 valence electrons. The summed E-state index contributed by atoms with van der Waals surface area (Å²) >= 11 is 2.30. The number of amides is 3. The molecule has 3 amide bonds. The van der Waals surface area contributed by atoms with Gasteiger partial charge in [-0.1, -0.05) is 34.7 Å². The van der Waals surface area contributed by atoms with Crippen LogP contribution >= 0.6 is 22.6 Å². The molecule has 2 aliphatic carbocycles. The van der Waals surface area contributed by atoms with E-state index < -0.39 is 11.5 Å². The zero-order chi connectivity index (χ0) is 32.1. The Balaban J connectivity index is 1.58. The van der Waals surface area contributed by atoms with E-state index in [-0.39, 0.29) is 34.4 Å². The van der Waals surface area contributed by atoms with Crippen LogP contribution in [-0.4, -0.2) is 79.0 Å². The van der Waals surface area contributed by atoms with Crippen LogP contribution in [0.4, 0.5) is 0 Å². The standard InChI is InChI=1S/C32H38IN9O3/c1-4-35-29(44)22-8-12-25-20(14-22)6-7-21-15-23(30(45)36-5-2)9-13-26(21)32(25,31-38-40-41-39-31)16-27(33)37-18-28(43)42(19(3)17-34)24-10-11-24/h8-9,12-15,19,24,27,37H,4-7,10-11,16,18H2,1-3H3,(H,35,44)(H,36,45)(H,38,39,40,41)/t19?,27-/m0/s1. The van der Waals surface area contributed by atoms with Gasteiger partial charge in [-0.3, -0.25) is 19.7 Å². The maximum Gasteiger partial charge on any atom is 0.251 e. The van der Waals surface area contributed by atoms with Crippen molar-refractivity contribution in [2.75, 3.05) is 19.6 Å². The van der Waals surface area contributed by atoms with Crippen LogP contribution < -0.4 is 16.0 Å². The van der Waals surface area contributed by atoms with Crippen LogP contribution in [0.5, 0.6) is 0 Å². The Morgan fingerprint density at radius 3 is 2.09 bits per heavy atom. The third-order valence-corrected chi connectivity index (χ3v) is 9.42. The second-order valence-corrected chi connectivity index (χ2v) is 13.0. The fourth-order valence-electron chi connectivity index (χ4n) is 6.35. The lowest BCUT2D eigenvalue weighted by molar-refractivity contribution is -0.131. The van der Waals surface area contributed by atoms with E-state index in [9.17, 15) is 19.6 Å². The Morgan fingerprint density at radius 2 is 1.62 bits per heavy atom. The number of aromatic nitrogens is 4. The number of halogens is 1. The average molecular weight is 724 g/mol. The first-order valence-corrected chi connectivity index (χ1v) is 16.6. The minimum atomic E-state index is -0.901. The fourth-order valence-corrected chi connectivity index (χ4v) is 7.23. The Hall–Kier alpha value is -3.90. The van der Waals surface area contributed by atoms with E-state index in [0.717, 1.165) is 35.1 Å².